The molecule has 0 radical (unpaired) electrons. The molecule has 0 aliphatic carbocycles. The van der Waals surface area contributed by atoms with Crippen LogP contribution in [0.5, 0.6) is 5.75 Å². The number of hydrogen-bond acceptors (Lipinski definition) is 6. The summed E-state index contributed by atoms with van der Waals surface area (Å²) in [5.74, 6) is -0.227. The van der Waals surface area contributed by atoms with E-state index in [-0.39, 0.29) is 22.2 Å². The Morgan fingerprint density at radius 3 is 1.94 bits per heavy atom. The van der Waals surface area contributed by atoms with E-state index in [1.54, 1.807) is 24.3 Å². The van der Waals surface area contributed by atoms with Crippen molar-refractivity contribution in [2.24, 2.45) is 5.92 Å². The van der Waals surface area contributed by atoms with Crippen molar-refractivity contribution in [3.63, 3.8) is 0 Å². The molecule has 190 valence electrons. The van der Waals surface area contributed by atoms with Crippen LogP contribution in [0.4, 0.5) is 5.69 Å². The molecule has 2 aromatic carbocycles. The van der Waals surface area contributed by atoms with Gasteiger partial charge in [-0.2, -0.15) is 8.61 Å². The van der Waals surface area contributed by atoms with E-state index in [4.69, 9.17) is 4.74 Å². The van der Waals surface area contributed by atoms with Crippen LogP contribution < -0.4 is 10.1 Å². The van der Waals surface area contributed by atoms with E-state index < -0.39 is 26.0 Å². The van der Waals surface area contributed by atoms with Gasteiger partial charge in [0.15, 0.2) is 0 Å². The number of carbonyl (C=O) groups is 1. The molecule has 0 bridgehead atoms. The third-order valence-corrected chi connectivity index (χ3v) is 10.3. The van der Waals surface area contributed by atoms with Gasteiger partial charge in [-0.15, -0.1) is 0 Å². The van der Waals surface area contributed by atoms with E-state index >= 15 is 0 Å². The molecule has 35 heavy (non-hydrogen) atoms. The number of methoxy groups -OCH3 is 1. The highest BCUT2D eigenvalue weighted by molar-refractivity contribution is 7.89. The average molecular weight is 522 g/mol. The van der Waals surface area contributed by atoms with Gasteiger partial charge in [0.25, 0.3) is 0 Å². The lowest BCUT2D eigenvalue weighted by atomic mass is 9.99. The summed E-state index contributed by atoms with van der Waals surface area (Å²) >= 11 is 0. The Morgan fingerprint density at radius 1 is 0.800 bits per heavy atom. The lowest BCUT2D eigenvalue weighted by molar-refractivity contribution is -0.120. The Morgan fingerprint density at radius 2 is 1.34 bits per heavy atom. The number of carbonyl (C=O) groups excluding carboxylic acids is 1. The van der Waals surface area contributed by atoms with Crippen LogP contribution >= 0.6 is 0 Å². The summed E-state index contributed by atoms with van der Waals surface area (Å²) in [4.78, 5) is 13.3. The summed E-state index contributed by atoms with van der Waals surface area (Å²) in [5.41, 5.74) is 0.475. The fourth-order valence-corrected chi connectivity index (χ4v) is 7.52. The Labute approximate surface area is 207 Å². The summed E-state index contributed by atoms with van der Waals surface area (Å²) in [6, 6.07) is 12.3. The first-order valence-electron chi connectivity index (χ1n) is 11.8. The normalized spacial score (nSPS) is 20.3. The number of amides is 1. The van der Waals surface area contributed by atoms with Gasteiger partial charge in [0.05, 0.1) is 22.8 Å². The van der Waals surface area contributed by atoms with Gasteiger partial charge < -0.3 is 10.1 Å². The van der Waals surface area contributed by atoms with E-state index in [0.717, 1.165) is 19.3 Å². The van der Waals surface area contributed by atoms with Crippen molar-refractivity contribution >= 4 is 31.6 Å². The number of nitrogens with one attached hydrogen (secondary N) is 1. The molecule has 9 nitrogen and oxygen atoms in total. The predicted octanol–water partition coefficient (Wildman–Crippen LogP) is 2.91. The topological polar surface area (TPSA) is 113 Å². The van der Waals surface area contributed by atoms with Crippen LogP contribution in [0.1, 0.15) is 32.1 Å². The second kappa shape index (κ2) is 10.7. The largest absolute Gasteiger partial charge is 0.497 e. The van der Waals surface area contributed by atoms with Gasteiger partial charge >= 0.3 is 0 Å². The minimum Gasteiger partial charge on any atom is -0.497 e. The van der Waals surface area contributed by atoms with E-state index in [0.29, 0.717) is 43.9 Å². The van der Waals surface area contributed by atoms with Crippen LogP contribution in [0.15, 0.2) is 58.3 Å². The lowest BCUT2D eigenvalue weighted by Crippen LogP contribution is -2.43. The van der Waals surface area contributed by atoms with Gasteiger partial charge in [-0.05, 0) is 74.2 Å². The van der Waals surface area contributed by atoms with Gasteiger partial charge in [-0.3, -0.25) is 4.79 Å². The van der Waals surface area contributed by atoms with Crippen LogP contribution in [0.25, 0.3) is 0 Å². The molecule has 2 heterocycles. The van der Waals surface area contributed by atoms with Crippen LogP contribution in [-0.2, 0) is 24.8 Å². The standard InChI is InChI=1S/C24H31N3O6S2/c1-33-21-9-13-23(14-10-21)35(31,32)27-17-5-6-19(18-27)24(28)25-20-7-11-22(12-8-20)34(29,30)26-15-3-2-4-16-26/h7-14,19H,2-6,15-18H2,1H3,(H,25,28)/t19-/m1/s1. The van der Waals surface area contributed by atoms with Crippen molar-refractivity contribution in [2.45, 2.75) is 41.9 Å². The number of anilines is 1. The Hall–Kier alpha value is -2.47. The van der Waals surface area contributed by atoms with Gasteiger partial charge in [-0.1, -0.05) is 6.42 Å². The zero-order valence-corrected chi connectivity index (χ0v) is 21.4. The Balaban J connectivity index is 1.40. The first kappa shape index (κ1) is 25.6. The molecule has 2 saturated heterocycles. The van der Waals surface area contributed by atoms with Crippen molar-refractivity contribution in [1.82, 2.24) is 8.61 Å². The zero-order valence-electron chi connectivity index (χ0n) is 19.7. The number of rotatable bonds is 7. The van der Waals surface area contributed by atoms with Crippen LogP contribution in [0.2, 0.25) is 0 Å². The maximum absolute atomic E-state index is 13.1. The van der Waals surface area contributed by atoms with E-state index in [9.17, 15) is 21.6 Å². The molecule has 0 saturated carbocycles. The third-order valence-electron chi connectivity index (χ3n) is 6.53. The monoisotopic (exact) mass is 521 g/mol. The molecule has 0 aromatic heterocycles. The molecule has 1 N–H and O–H groups in total. The van der Waals surface area contributed by atoms with E-state index in [2.05, 4.69) is 5.32 Å². The molecule has 0 unspecified atom stereocenters. The number of sulfonamides is 2. The minimum absolute atomic E-state index is 0.0849. The second-order valence-electron chi connectivity index (χ2n) is 8.86. The molecule has 1 atom stereocenters. The molecule has 1 amide bonds. The molecule has 2 aliphatic rings. The Kier molecular flexibility index (Phi) is 7.80. The molecule has 2 fully saturated rings. The fourth-order valence-electron chi connectivity index (χ4n) is 4.48. The molecular formula is C24H31N3O6S2. The number of ether oxygens (including phenoxy) is 1. The molecule has 0 spiro atoms. The third kappa shape index (κ3) is 5.69. The number of hydrogen-bond donors (Lipinski definition) is 1. The highest BCUT2D eigenvalue weighted by atomic mass is 32.2. The molecule has 2 aromatic rings. The van der Waals surface area contributed by atoms with Crippen molar-refractivity contribution in [2.75, 3.05) is 38.6 Å². The highest BCUT2D eigenvalue weighted by Crippen LogP contribution is 2.27. The number of nitrogens with zero attached hydrogens (tertiary/aromatic N) is 2. The van der Waals surface area contributed by atoms with E-state index in [1.807, 2.05) is 0 Å². The van der Waals surface area contributed by atoms with Crippen molar-refractivity contribution in [3.8, 4) is 5.75 Å². The quantitative estimate of drug-likeness (QED) is 0.600. The summed E-state index contributed by atoms with van der Waals surface area (Å²) in [5, 5.41) is 2.81. The first-order chi connectivity index (χ1) is 16.7. The van der Waals surface area contributed by atoms with Crippen LogP contribution in [0.3, 0.4) is 0 Å². The zero-order chi connectivity index (χ0) is 25.1. The summed E-state index contributed by atoms with van der Waals surface area (Å²) in [6.07, 6.45) is 3.90. The van der Waals surface area contributed by atoms with Crippen LogP contribution in [-0.4, -0.2) is 64.6 Å². The summed E-state index contributed by atoms with van der Waals surface area (Å²) in [6.45, 7) is 1.49. The van der Waals surface area contributed by atoms with E-state index in [1.165, 1.54) is 40.0 Å². The van der Waals surface area contributed by atoms with Crippen molar-refractivity contribution < 1.29 is 26.4 Å². The number of piperidine rings is 2. The molecule has 4 rings (SSSR count). The maximum Gasteiger partial charge on any atom is 0.243 e. The van der Waals surface area contributed by atoms with Gasteiger partial charge in [0.1, 0.15) is 5.75 Å². The van der Waals surface area contributed by atoms with Crippen molar-refractivity contribution in [3.05, 3.63) is 48.5 Å². The average Bonchev–Trinajstić information content (AvgIpc) is 2.89. The fraction of sp³-hybridized carbons (Fsp3) is 0.458. The maximum atomic E-state index is 13.1. The second-order valence-corrected chi connectivity index (χ2v) is 12.7. The highest BCUT2D eigenvalue weighted by Gasteiger charge is 2.33. The van der Waals surface area contributed by atoms with Gasteiger partial charge in [-0.25, -0.2) is 16.8 Å². The smallest absolute Gasteiger partial charge is 0.243 e. The van der Waals surface area contributed by atoms with Gasteiger partial charge in [0.2, 0.25) is 26.0 Å². The van der Waals surface area contributed by atoms with Gasteiger partial charge in [0, 0.05) is 31.9 Å². The summed E-state index contributed by atoms with van der Waals surface area (Å²) < 4.78 is 59.7. The first-order valence-corrected chi connectivity index (χ1v) is 14.6. The van der Waals surface area contributed by atoms with Crippen LogP contribution in [0, 0.1) is 5.92 Å². The summed E-state index contributed by atoms with van der Waals surface area (Å²) in [7, 11) is -5.76. The lowest BCUT2D eigenvalue weighted by Gasteiger charge is -2.31. The minimum atomic E-state index is -3.73. The SMILES string of the molecule is COc1ccc(S(=O)(=O)N2CCC[C@@H](C(=O)Nc3ccc(S(=O)(=O)N4CCCCC4)cc3)C2)cc1. The predicted molar refractivity (Wildman–Crippen MR) is 132 cm³/mol. The molecule has 11 heteroatoms. The Bertz CT molecular complexity index is 1240. The molecular weight excluding hydrogens is 490 g/mol. The number of benzene rings is 2. The van der Waals surface area contributed by atoms with Crippen molar-refractivity contribution in [1.29, 1.82) is 0 Å². The molecule has 2 aliphatic heterocycles.